The lowest BCUT2D eigenvalue weighted by molar-refractivity contribution is -0.141. The number of hydrogen-bond acceptors (Lipinski definition) is 5. The van der Waals surface area contributed by atoms with Crippen LogP contribution in [0.25, 0.3) is 0 Å². The molecule has 1 heterocycles. The number of carbonyl (C=O) groups excluding carboxylic acids is 2. The number of ether oxygens (including phenoxy) is 3. The van der Waals surface area contributed by atoms with Gasteiger partial charge in [-0.1, -0.05) is 6.92 Å². The highest BCUT2D eigenvalue weighted by atomic mass is 79.9. The molecule has 0 N–H and O–H groups in total. The van der Waals surface area contributed by atoms with Crippen molar-refractivity contribution in [3.05, 3.63) is 22.2 Å². The Kier molecular flexibility index (Phi) is 4.65. The Hall–Kier alpha value is -1.56. The molecule has 0 fully saturated rings. The molecule has 1 atom stereocenters. The second kappa shape index (κ2) is 6.26. The standard InChI is InChI=1S/C14H15BrO5/c1-8(5-12(16)18-2)13(17)9-6-10(15)14-11(7-9)19-3-4-20-14/h6-8H,3-5H2,1-2H3. The summed E-state index contributed by atoms with van der Waals surface area (Å²) in [6, 6.07) is 3.33. The van der Waals surface area contributed by atoms with E-state index >= 15 is 0 Å². The van der Waals surface area contributed by atoms with Crippen LogP contribution in [0.4, 0.5) is 0 Å². The number of rotatable bonds is 4. The maximum absolute atomic E-state index is 12.3. The highest BCUT2D eigenvalue weighted by Gasteiger charge is 2.23. The maximum Gasteiger partial charge on any atom is 0.306 e. The molecule has 1 aromatic rings. The van der Waals surface area contributed by atoms with E-state index in [4.69, 9.17) is 9.47 Å². The molecule has 0 aromatic heterocycles. The minimum Gasteiger partial charge on any atom is -0.486 e. The van der Waals surface area contributed by atoms with Crippen LogP contribution in [0, 0.1) is 5.92 Å². The molecule has 0 bridgehead atoms. The molecule has 1 unspecified atom stereocenters. The van der Waals surface area contributed by atoms with Gasteiger partial charge in [-0.2, -0.15) is 0 Å². The second-order valence-electron chi connectivity index (χ2n) is 4.53. The van der Waals surface area contributed by atoms with Crippen molar-refractivity contribution in [3.63, 3.8) is 0 Å². The van der Waals surface area contributed by atoms with E-state index in [9.17, 15) is 9.59 Å². The predicted octanol–water partition coefficient (Wildman–Crippen LogP) is 2.60. The van der Waals surface area contributed by atoms with Crippen LogP contribution in [0.15, 0.2) is 16.6 Å². The van der Waals surface area contributed by atoms with Crippen molar-refractivity contribution in [1.82, 2.24) is 0 Å². The first kappa shape index (κ1) is 14.8. The van der Waals surface area contributed by atoms with E-state index in [-0.39, 0.29) is 12.2 Å². The molecule has 0 amide bonds. The minimum absolute atomic E-state index is 0.0569. The Labute approximate surface area is 125 Å². The zero-order valence-electron chi connectivity index (χ0n) is 11.3. The molecule has 0 spiro atoms. The van der Waals surface area contributed by atoms with E-state index in [1.54, 1.807) is 19.1 Å². The van der Waals surface area contributed by atoms with Crippen LogP contribution in [0.3, 0.4) is 0 Å². The van der Waals surface area contributed by atoms with Crippen LogP contribution in [0.1, 0.15) is 23.7 Å². The third kappa shape index (κ3) is 3.12. The van der Waals surface area contributed by atoms with Crippen LogP contribution in [-0.4, -0.2) is 32.1 Å². The van der Waals surface area contributed by atoms with Crippen molar-refractivity contribution >= 4 is 27.7 Å². The summed E-state index contributed by atoms with van der Waals surface area (Å²) < 4.78 is 16.2. The minimum atomic E-state index is -0.447. The van der Waals surface area contributed by atoms with Gasteiger partial charge in [0, 0.05) is 11.5 Å². The molecule has 0 saturated heterocycles. The van der Waals surface area contributed by atoms with Crippen LogP contribution in [0.5, 0.6) is 11.5 Å². The van der Waals surface area contributed by atoms with E-state index < -0.39 is 11.9 Å². The average molecular weight is 343 g/mol. The molecular formula is C14H15BrO5. The van der Waals surface area contributed by atoms with Gasteiger partial charge in [0.15, 0.2) is 17.3 Å². The van der Waals surface area contributed by atoms with Gasteiger partial charge < -0.3 is 14.2 Å². The largest absolute Gasteiger partial charge is 0.486 e. The quantitative estimate of drug-likeness (QED) is 0.621. The third-order valence-electron chi connectivity index (χ3n) is 3.03. The van der Waals surface area contributed by atoms with E-state index in [0.29, 0.717) is 34.7 Å². The van der Waals surface area contributed by atoms with Gasteiger partial charge in [-0.3, -0.25) is 9.59 Å². The van der Waals surface area contributed by atoms with Gasteiger partial charge in [0.05, 0.1) is 18.0 Å². The molecule has 108 valence electrons. The molecule has 0 aliphatic carbocycles. The number of carbonyl (C=O) groups is 2. The molecular weight excluding hydrogens is 328 g/mol. The molecule has 1 aliphatic heterocycles. The average Bonchev–Trinajstić information content (AvgIpc) is 2.46. The molecule has 0 saturated carbocycles. The smallest absolute Gasteiger partial charge is 0.306 e. The number of Topliss-reactive ketones (excluding diaryl/α,β-unsaturated/α-hetero) is 1. The molecule has 6 heteroatoms. The number of fused-ring (bicyclic) bond motifs is 1. The Morgan fingerprint density at radius 2 is 2.05 bits per heavy atom. The fourth-order valence-electron chi connectivity index (χ4n) is 1.96. The van der Waals surface area contributed by atoms with E-state index in [0.717, 1.165) is 0 Å². The van der Waals surface area contributed by atoms with Crippen LogP contribution < -0.4 is 9.47 Å². The van der Waals surface area contributed by atoms with Crippen molar-refractivity contribution < 1.29 is 23.8 Å². The summed E-state index contributed by atoms with van der Waals surface area (Å²) in [5, 5.41) is 0. The first-order chi connectivity index (χ1) is 9.52. The van der Waals surface area contributed by atoms with E-state index in [1.807, 2.05) is 0 Å². The number of esters is 1. The zero-order valence-corrected chi connectivity index (χ0v) is 12.9. The van der Waals surface area contributed by atoms with Crippen molar-refractivity contribution in [3.8, 4) is 11.5 Å². The summed E-state index contributed by atoms with van der Waals surface area (Å²) in [4.78, 5) is 23.5. The monoisotopic (exact) mass is 342 g/mol. The van der Waals surface area contributed by atoms with Crippen LogP contribution in [0.2, 0.25) is 0 Å². The number of benzene rings is 1. The first-order valence-corrected chi connectivity index (χ1v) is 7.02. The zero-order chi connectivity index (χ0) is 14.7. The summed E-state index contributed by atoms with van der Waals surface area (Å²) in [7, 11) is 1.31. The Bertz CT molecular complexity index is 541. The van der Waals surface area contributed by atoms with Gasteiger partial charge in [0.25, 0.3) is 0 Å². The number of hydrogen-bond donors (Lipinski definition) is 0. The normalized spacial score (nSPS) is 14.6. The SMILES string of the molecule is COC(=O)CC(C)C(=O)c1cc(Br)c2c(c1)OCCO2. The van der Waals surface area contributed by atoms with Gasteiger partial charge in [-0.25, -0.2) is 0 Å². The third-order valence-corrected chi connectivity index (χ3v) is 3.62. The number of halogens is 1. The van der Waals surface area contributed by atoms with Crippen molar-refractivity contribution in [2.75, 3.05) is 20.3 Å². The predicted molar refractivity (Wildman–Crippen MR) is 75.3 cm³/mol. The van der Waals surface area contributed by atoms with Gasteiger partial charge in [-0.05, 0) is 28.1 Å². The highest BCUT2D eigenvalue weighted by molar-refractivity contribution is 9.10. The van der Waals surface area contributed by atoms with Gasteiger partial charge >= 0.3 is 5.97 Å². The highest BCUT2D eigenvalue weighted by Crippen LogP contribution is 2.39. The van der Waals surface area contributed by atoms with E-state index in [2.05, 4.69) is 20.7 Å². The Morgan fingerprint density at radius 3 is 2.75 bits per heavy atom. The lowest BCUT2D eigenvalue weighted by atomic mass is 9.96. The molecule has 2 rings (SSSR count). The van der Waals surface area contributed by atoms with Crippen molar-refractivity contribution in [2.24, 2.45) is 5.92 Å². The lowest BCUT2D eigenvalue weighted by Crippen LogP contribution is -2.19. The second-order valence-corrected chi connectivity index (χ2v) is 5.38. The van der Waals surface area contributed by atoms with E-state index in [1.165, 1.54) is 7.11 Å². The summed E-state index contributed by atoms with van der Waals surface area (Å²) in [6.45, 7) is 2.64. The van der Waals surface area contributed by atoms with Crippen molar-refractivity contribution in [1.29, 1.82) is 0 Å². The van der Waals surface area contributed by atoms with Gasteiger partial charge in [-0.15, -0.1) is 0 Å². The lowest BCUT2D eigenvalue weighted by Gasteiger charge is -2.20. The van der Waals surface area contributed by atoms with Crippen LogP contribution in [-0.2, 0) is 9.53 Å². The molecule has 1 aromatic carbocycles. The summed E-state index contributed by atoms with van der Waals surface area (Å²) in [5.74, 6) is 0.167. The summed E-state index contributed by atoms with van der Waals surface area (Å²) >= 11 is 3.37. The topological polar surface area (TPSA) is 61.8 Å². The Morgan fingerprint density at radius 1 is 1.35 bits per heavy atom. The van der Waals surface area contributed by atoms with Gasteiger partial charge in [0.2, 0.25) is 0 Å². The molecule has 1 aliphatic rings. The molecule has 0 radical (unpaired) electrons. The molecule has 20 heavy (non-hydrogen) atoms. The van der Waals surface area contributed by atoms with Gasteiger partial charge in [0.1, 0.15) is 13.2 Å². The number of methoxy groups -OCH3 is 1. The van der Waals surface area contributed by atoms with Crippen LogP contribution >= 0.6 is 15.9 Å². The fourth-order valence-corrected chi connectivity index (χ4v) is 2.52. The fraction of sp³-hybridized carbons (Fsp3) is 0.429. The maximum atomic E-state index is 12.3. The summed E-state index contributed by atoms with van der Waals surface area (Å²) in [6.07, 6.45) is 0.0569. The summed E-state index contributed by atoms with van der Waals surface area (Å²) in [5.41, 5.74) is 0.484. The molecule has 5 nitrogen and oxygen atoms in total. The number of ketones is 1. The first-order valence-electron chi connectivity index (χ1n) is 6.23. The Balaban J connectivity index is 2.22. The van der Waals surface area contributed by atoms with Crippen molar-refractivity contribution in [2.45, 2.75) is 13.3 Å².